The first-order valence-corrected chi connectivity index (χ1v) is 7.00. The Morgan fingerprint density at radius 3 is 3.05 bits per heavy atom. The molecule has 0 N–H and O–H groups in total. The first-order valence-electron chi connectivity index (χ1n) is 7.00. The summed E-state index contributed by atoms with van der Waals surface area (Å²) in [6.45, 7) is 4.80. The minimum atomic E-state index is -0.198. The second kappa shape index (κ2) is 7.40. The van der Waals surface area contributed by atoms with Crippen LogP contribution in [-0.2, 0) is 20.8 Å². The topological polar surface area (TPSA) is 64.8 Å². The first kappa shape index (κ1) is 15.0. The number of esters is 1. The number of methoxy groups -OCH3 is 1. The Labute approximate surface area is 119 Å². The quantitative estimate of drug-likeness (QED) is 0.707. The van der Waals surface area contributed by atoms with Gasteiger partial charge in [0.15, 0.2) is 5.76 Å². The fourth-order valence-corrected chi connectivity index (χ4v) is 2.37. The molecule has 6 heteroatoms. The average Bonchev–Trinajstić information content (AvgIpc) is 3.07. The number of hydrogen-bond donors (Lipinski definition) is 0. The van der Waals surface area contributed by atoms with Gasteiger partial charge in [-0.1, -0.05) is 5.16 Å². The van der Waals surface area contributed by atoms with Crippen LogP contribution in [0.3, 0.4) is 0 Å². The Balaban J connectivity index is 1.89. The number of nitrogens with zero attached hydrogens (tertiary/aromatic N) is 2. The van der Waals surface area contributed by atoms with Crippen molar-refractivity contribution in [1.82, 2.24) is 10.1 Å². The van der Waals surface area contributed by atoms with Crippen molar-refractivity contribution >= 4 is 5.97 Å². The highest BCUT2D eigenvalue weighted by Crippen LogP contribution is 2.15. The van der Waals surface area contributed by atoms with E-state index in [2.05, 4.69) is 10.1 Å². The molecule has 112 valence electrons. The lowest BCUT2D eigenvalue weighted by Crippen LogP contribution is -2.33. The minimum absolute atomic E-state index is 0.198. The molecule has 1 aliphatic rings. The maximum absolute atomic E-state index is 11.3. The number of rotatable bonds is 7. The molecular weight excluding hydrogens is 260 g/mol. The molecule has 1 atom stereocenters. The fourth-order valence-electron chi connectivity index (χ4n) is 2.37. The molecule has 1 aromatic heterocycles. The zero-order valence-electron chi connectivity index (χ0n) is 12.1. The number of aryl methyl sites for hydroxylation is 1. The van der Waals surface area contributed by atoms with E-state index in [1.807, 2.05) is 13.0 Å². The molecule has 0 amide bonds. The Morgan fingerprint density at radius 1 is 1.60 bits per heavy atom. The lowest BCUT2D eigenvalue weighted by atomic mass is 10.2. The van der Waals surface area contributed by atoms with Crippen molar-refractivity contribution in [3.8, 4) is 0 Å². The standard InChI is InChI=1S/C14H22N2O4/c1-11-8-13(20-15-11)10-16(6-5-14(17)18-2)9-12-4-3-7-19-12/h8,12H,3-7,9-10H2,1-2H3/t12-/m1/s1. The zero-order chi connectivity index (χ0) is 14.4. The summed E-state index contributed by atoms with van der Waals surface area (Å²) in [5.74, 6) is 0.612. The van der Waals surface area contributed by atoms with E-state index >= 15 is 0 Å². The van der Waals surface area contributed by atoms with Crippen molar-refractivity contribution in [3.63, 3.8) is 0 Å². The van der Waals surface area contributed by atoms with Crippen molar-refractivity contribution in [2.24, 2.45) is 0 Å². The molecule has 1 aromatic rings. The Hall–Kier alpha value is -1.40. The highest BCUT2D eigenvalue weighted by Gasteiger charge is 2.21. The molecule has 0 aromatic carbocycles. The number of hydrogen-bond acceptors (Lipinski definition) is 6. The van der Waals surface area contributed by atoms with Crippen molar-refractivity contribution in [1.29, 1.82) is 0 Å². The molecule has 0 bridgehead atoms. The maximum atomic E-state index is 11.3. The monoisotopic (exact) mass is 282 g/mol. The van der Waals surface area contributed by atoms with Gasteiger partial charge in [0, 0.05) is 25.8 Å². The zero-order valence-corrected chi connectivity index (χ0v) is 12.1. The molecule has 0 unspecified atom stereocenters. The SMILES string of the molecule is COC(=O)CCN(Cc1cc(C)no1)C[C@H]1CCCO1. The van der Waals surface area contributed by atoms with Gasteiger partial charge in [-0.15, -0.1) is 0 Å². The summed E-state index contributed by atoms with van der Waals surface area (Å²) in [6, 6.07) is 1.92. The summed E-state index contributed by atoms with van der Waals surface area (Å²) < 4.78 is 15.6. The second-order valence-corrected chi connectivity index (χ2v) is 5.13. The third kappa shape index (κ3) is 4.61. The molecule has 2 heterocycles. The summed E-state index contributed by atoms with van der Waals surface area (Å²) in [5, 5.41) is 3.89. The van der Waals surface area contributed by atoms with Crippen molar-refractivity contribution < 1.29 is 18.8 Å². The predicted octanol–water partition coefficient (Wildman–Crippen LogP) is 1.53. The molecule has 2 rings (SSSR count). The van der Waals surface area contributed by atoms with Crippen molar-refractivity contribution in [2.45, 2.75) is 38.8 Å². The highest BCUT2D eigenvalue weighted by molar-refractivity contribution is 5.69. The second-order valence-electron chi connectivity index (χ2n) is 5.13. The van der Waals surface area contributed by atoms with Gasteiger partial charge in [0.05, 0.1) is 31.9 Å². The van der Waals surface area contributed by atoms with E-state index in [9.17, 15) is 4.79 Å². The van der Waals surface area contributed by atoms with Crippen LogP contribution in [-0.4, -0.2) is 48.9 Å². The van der Waals surface area contributed by atoms with E-state index in [1.54, 1.807) is 0 Å². The van der Waals surface area contributed by atoms with Crippen LogP contribution in [0.2, 0.25) is 0 Å². The van der Waals surface area contributed by atoms with E-state index in [1.165, 1.54) is 7.11 Å². The van der Waals surface area contributed by atoms with E-state index in [0.29, 0.717) is 19.5 Å². The van der Waals surface area contributed by atoms with E-state index in [-0.39, 0.29) is 12.1 Å². The fraction of sp³-hybridized carbons (Fsp3) is 0.714. The molecule has 6 nitrogen and oxygen atoms in total. The summed E-state index contributed by atoms with van der Waals surface area (Å²) >= 11 is 0. The van der Waals surface area contributed by atoms with Crippen molar-refractivity contribution in [3.05, 3.63) is 17.5 Å². The Morgan fingerprint density at radius 2 is 2.45 bits per heavy atom. The third-order valence-electron chi connectivity index (χ3n) is 3.40. The summed E-state index contributed by atoms with van der Waals surface area (Å²) in [5.41, 5.74) is 0.866. The van der Waals surface area contributed by atoms with Gasteiger partial charge in [0.2, 0.25) is 0 Å². The number of carbonyl (C=O) groups excluding carboxylic acids is 1. The van der Waals surface area contributed by atoms with E-state index in [4.69, 9.17) is 14.0 Å². The number of carbonyl (C=O) groups is 1. The van der Waals surface area contributed by atoms with Gasteiger partial charge < -0.3 is 14.0 Å². The summed E-state index contributed by atoms with van der Waals surface area (Å²) in [6.07, 6.45) is 2.80. The van der Waals surface area contributed by atoms with Crippen LogP contribution in [0, 0.1) is 6.92 Å². The number of aromatic nitrogens is 1. The van der Waals surface area contributed by atoms with Gasteiger partial charge in [-0.05, 0) is 19.8 Å². The predicted molar refractivity (Wildman–Crippen MR) is 72.1 cm³/mol. The molecule has 0 aliphatic carbocycles. The van der Waals surface area contributed by atoms with Gasteiger partial charge in [-0.25, -0.2) is 0 Å². The van der Waals surface area contributed by atoms with Gasteiger partial charge in [0.1, 0.15) is 0 Å². The largest absolute Gasteiger partial charge is 0.469 e. The summed E-state index contributed by atoms with van der Waals surface area (Å²) in [4.78, 5) is 13.5. The van der Waals surface area contributed by atoms with Crippen LogP contribution in [0.1, 0.15) is 30.7 Å². The minimum Gasteiger partial charge on any atom is -0.469 e. The highest BCUT2D eigenvalue weighted by atomic mass is 16.5. The number of ether oxygens (including phenoxy) is 2. The summed E-state index contributed by atoms with van der Waals surface area (Å²) in [7, 11) is 1.41. The molecule has 1 fully saturated rings. The first-order chi connectivity index (χ1) is 9.67. The average molecular weight is 282 g/mol. The molecule has 0 spiro atoms. The lowest BCUT2D eigenvalue weighted by molar-refractivity contribution is -0.141. The van der Waals surface area contributed by atoms with Gasteiger partial charge >= 0.3 is 5.97 Å². The van der Waals surface area contributed by atoms with Crippen LogP contribution in [0.15, 0.2) is 10.6 Å². The molecule has 0 saturated carbocycles. The van der Waals surface area contributed by atoms with Gasteiger partial charge in [-0.3, -0.25) is 9.69 Å². The van der Waals surface area contributed by atoms with Crippen molar-refractivity contribution in [2.75, 3.05) is 26.8 Å². The molecule has 1 saturated heterocycles. The Kier molecular flexibility index (Phi) is 5.55. The maximum Gasteiger partial charge on any atom is 0.306 e. The molecule has 1 aliphatic heterocycles. The van der Waals surface area contributed by atoms with Gasteiger partial charge in [-0.2, -0.15) is 0 Å². The van der Waals surface area contributed by atoms with Crippen LogP contribution in [0.4, 0.5) is 0 Å². The normalized spacial score (nSPS) is 18.6. The van der Waals surface area contributed by atoms with Crippen LogP contribution in [0.5, 0.6) is 0 Å². The van der Waals surface area contributed by atoms with E-state index < -0.39 is 0 Å². The molecule has 0 radical (unpaired) electrons. The lowest BCUT2D eigenvalue weighted by Gasteiger charge is -2.23. The van der Waals surface area contributed by atoms with E-state index in [0.717, 1.165) is 37.4 Å². The van der Waals surface area contributed by atoms with Crippen LogP contribution >= 0.6 is 0 Å². The molecule has 20 heavy (non-hydrogen) atoms. The van der Waals surface area contributed by atoms with Crippen LogP contribution < -0.4 is 0 Å². The van der Waals surface area contributed by atoms with Crippen LogP contribution in [0.25, 0.3) is 0 Å². The van der Waals surface area contributed by atoms with Gasteiger partial charge in [0.25, 0.3) is 0 Å². The smallest absolute Gasteiger partial charge is 0.306 e. The third-order valence-corrected chi connectivity index (χ3v) is 3.40. The molecular formula is C14H22N2O4. The Bertz CT molecular complexity index is 427.